The summed E-state index contributed by atoms with van der Waals surface area (Å²) in [5.74, 6) is -1.65. The van der Waals surface area contributed by atoms with Crippen LogP contribution in [-0.4, -0.2) is 43.1 Å². The fourth-order valence-electron chi connectivity index (χ4n) is 2.39. The summed E-state index contributed by atoms with van der Waals surface area (Å²) in [5, 5.41) is 14.0. The van der Waals surface area contributed by atoms with Gasteiger partial charge in [0.1, 0.15) is 17.9 Å². The Labute approximate surface area is 149 Å². The molecule has 0 aliphatic rings. The second-order valence-electron chi connectivity index (χ2n) is 5.68. The first-order valence-electron chi connectivity index (χ1n) is 7.82. The van der Waals surface area contributed by atoms with Crippen molar-refractivity contribution in [2.45, 2.75) is 13.8 Å². The van der Waals surface area contributed by atoms with E-state index in [1.807, 2.05) is 13.0 Å². The molecule has 2 rings (SSSR count). The molecule has 0 fully saturated rings. The van der Waals surface area contributed by atoms with Crippen molar-refractivity contribution < 1.29 is 28.6 Å². The lowest BCUT2D eigenvalue weighted by atomic mass is 10.0. The van der Waals surface area contributed by atoms with Crippen LogP contribution in [0.25, 0.3) is 16.5 Å². The van der Waals surface area contributed by atoms with Gasteiger partial charge in [-0.3, -0.25) is 14.4 Å². The Kier molecular flexibility index (Phi) is 6.00. The third-order valence-corrected chi connectivity index (χ3v) is 3.72. The Morgan fingerprint density at radius 1 is 1.23 bits per heavy atom. The van der Waals surface area contributed by atoms with Crippen molar-refractivity contribution in [3.63, 3.8) is 0 Å². The minimum atomic E-state index is -1.16. The van der Waals surface area contributed by atoms with Gasteiger partial charge < -0.3 is 24.9 Å². The van der Waals surface area contributed by atoms with E-state index in [1.54, 1.807) is 19.3 Å². The summed E-state index contributed by atoms with van der Waals surface area (Å²) in [4.78, 5) is 33.8. The van der Waals surface area contributed by atoms with Gasteiger partial charge in [0, 0.05) is 23.1 Å². The number of allylic oxidation sites excluding steroid dienone is 1. The monoisotopic (exact) mass is 360 g/mol. The highest BCUT2D eigenvalue weighted by Crippen LogP contribution is 2.33. The summed E-state index contributed by atoms with van der Waals surface area (Å²) in [6.07, 6.45) is 3.00. The number of rotatable bonds is 7. The fraction of sp³-hybridized carbons (Fsp3) is 0.278. The van der Waals surface area contributed by atoms with Crippen LogP contribution in [0.2, 0.25) is 0 Å². The molecule has 0 atom stereocenters. The van der Waals surface area contributed by atoms with Crippen LogP contribution in [0.3, 0.4) is 0 Å². The topological polar surface area (TPSA) is 118 Å². The molecule has 138 valence electrons. The Morgan fingerprint density at radius 2 is 1.96 bits per heavy atom. The first-order valence-corrected chi connectivity index (χ1v) is 7.82. The molecule has 0 aliphatic carbocycles. The zero-order valence-corrected chi connectivity index (χ0v) is 14.7. The number of amides is 2. The molecule has 1 heterocycles. The first kappa shape index (κ1) is 19.0. The van der Waals surface area contributed by atoms with E-state index in [-0.39, 0.29) is 6.54 Å². The molecule has 1 aromatic carbocycles. The second kappa shape index (κ2) is 8.19. The summed E-state index contributed by atoms with van der Waals surface area (Å²) in [5.41, 5.74) is 3.04. The molecule has 0 unspecified atom stereocenters. The van der Waals surface area contributed by atoms with Gasteiger partial charge in [0.05, 0.1) is 19.9 Å². The molecule has 0 saturated heterocycles. The maximum absolute atomic E-state index is 12.0. The number of carbonyl (C=O) groups excluding carboxylic acids is 2. The molecular formula is C18H20N2O6. The molecule has 0 spiro atoms. The predicted molar refractivity (Wildman–Crippen MR) is 94.8 cm³/mol. The van der Waals surface area contributed by atoms with Gasteiger partial charge in [0.2, 0.25) is 11.8 Å². The van der Waals surface area contributed by atoms with Crippen molar-refractivity contribution in [1.82, 2.24) is 10.6 Å². The summed E-state index contributed by atoms with van der Waals surface area (Å²) in [7, 11) is 1.53. The number of hydrogen-bond acceptors (Lipinski definition) is 5. The van der Waals surface area contributed by atoms with Crippen LogP contribution < -0.4 is 15.4 Å². The Morgan fingerprint density at radius 3 is 2.62 bits per heavy atom. The highest BCUT2D eigenvalue weighted by atomic mass is 16.5. The van der Waals surface area contributed by atoms with Gasteiger partial charge >= 0.3 is 5.97 Å². The first-order chi connectivity index (χ1) is 12.3. The molecule has 2 amide bonds. The smallest absolute Gasteiger partial charge is 0.322 e. The summed E-state index contributed by atoms with van der Waals surface area (Å²) >= 11 is 0. The van der Waals surface area contributed by atoms with Crippen LogP contribution in [-0.2, 0) is 14.4 Å². The summed E-state index contributed by atoms with van der Waals surface area (Å²) < 4.78 is 10.8. The predicted octanol–water partition coefficient (Wildman–Crippen LogP) is 1.47. The van der Waals surface area contributed by atoms with E-state index in [9.17, 15) is 14.4 Å². The van der Waals surface area contributed by atoms with Crippen LogP contribution >= 0.6 is 0 Å². The lowest BCUT2D eigenvalue weighted by Crippen LogP contribution is -2.38. The van der Waals surface area contributed by atoms with E-state index in [0.717, 1.165) is 16.5 Å². The molecule has 0 radical (unpaired) electrons. The third-order valence-electron chi connectivity index (χ3n) is 3.72. The molecule has 2 aromatic rings. The molecule has 8 heteroatoms. The minimum absolute atomic E-state index is 0.313. The lowest BCUT2D eigenvalue weighted by Gasteiger charge is -2.10. The Hall–Kier alpha value is -3.29. The number of aliphatic carboxylic acids is 1. The van der Waals surface area contributed by atoms with Gasteiger partial charge in [-0.05, 0) is 31.1 Å². The maximum Gasteiger partial charge on any atom is 0.322 e. The van der Waals surface area contributed by atoms with Crippen LogP contribution in [0, 0.1) is 6.92 Å². The highest BCUT2D eigenvalue weighted by Gasteiger charge is 2.12. The average molecular weight is 360 g/mol. The number of carboxylic acid groups (broad SMARTS) is 1. The standard InChI is InChI=1S/C18H20N2O6/c1-10(4-16(21)19-7-17(22)20-8-18(23)24)12-5-13-11(2)9-26-15(13)6-14(12)25-3/h4-6,9H,7-8H2,1-3H3,(H,19,21)(H,20,22)(H,23,24)/b10-4+. The largest absolute Gasteiger partial charge is 0.496 e. The normalized spacial score (nSPS) is 11.3. The van der Waals surface area contributed by atoms with Gasteiger partial charge in [-0.25, -0.2) is 0 Å². The Bertz CT molecular complexity index is 881. The summed E-state index contributed by atoms with van der Waals surface area (Å²) in [6.45, 7) is 2.87. The number of nitrogens with one attached hydrogen (secondary N) is 2. The summed E-state index contributed by atoms with van der Waals surface area (Å²) in [6, 6.07) is 3.64. The number of carboxylic acids is 1. The van der Waals surface area contributed by atoms with Crippen LogP contribution in [0.15, 0.2) is 28.9 Å². The van der Waals surface area contributed by atoms with Gasteiger partial charge in [-0.15, -0.1) is 0 Å². The van der Waals surface area contributed by atoms with Crippen molar-refractivity contribution in [3.8, 4) is 5.75 Å². The number of carbonyl (C=O) groups is 3. The third kappa shape index (κ3) is 4.62. The second-order valence-corrected chi connectivity index (χ2v) is 5.68. The van der Waals surface area contributed by atoms with Crippen molar-refractivity contribution in [2.75, 3.05) is 20.2 Å². The minimum Gasteiger partial charge on any atom is -0.496 e. The van der Waals surface area contributed by atoms with Gasteiger partial charge in [0.25, 0.3) is 0 Å². The lowest BCUT2D eigenvalue weighted by molar-refractivity contribution is -0.137. The van der Waals surface area contributed by atoms with E-state index in [0.29, 0.717) is 16.9 Å². The quantitative estimate of drug-likeness (QED) is 0.644. The van der Waals surface area contributed by atoms with Crippen LogP contribution in [0.1, 0.15) is 18.1 Å². The van der Waals surface area contributed by atoms with E-state index in [4.69, 9.17) is 14.3 Å². The number of aryl methyl sites for hydroxylation is 1. The molecule has 8 nitrogen and oxygen atoms in total. The number of fused-ring (bicyclic) bond motifs is 1. The van der Waals surface area contributed by atoms with Crippen molar-refractivity contribution in [3.05, 3.63) is 35.6 Å². The molecule has 3 N–H and O–H groups in total. The zero-order valence-electron chi connectivity index (χ0n) is 14.7. The molecule has 0 saturated carbocycles. The number of ether oxygens (including phenoxy) is 1. The molecule has 0 aliphatic heterocycles. The number of furan rings is 1. The van der Waals surface area contributed by atoms with Gasteiger partial charge in [-0.2, -0.15) is 0 Å². The van der Waals surface area contributed by atoms with Crippen LogP contribution in [0.5, 0.6) is 5.75 Å². The molecule has 26 heavy (non-hydrogen) atoms. The van der Waals surface area contributed by atoms with Crippen LogP contribution in [0.4, 0.5) is 0 Å². The van der Waals surface area contributed by atoms with Gasteiger partial charge in [0.15, 0.2) is 0 Å². The average Bonchev–Trinajstić information content (AvgIpc) is 2.97. The molecular weight excluding hydrogens is 340 g/mol. The van der Waals surface area contributed by atoms with Crippen molar-refractivity contribution >= 4 is 34.3 Å². The highest BCUT2D eigenvalue weighted by molar-refractivity contribution is 5.98. The van der Waals surface area contributed by atoms with Crippen molar-refractivity contribution in [1.29, 1.82) is 0 Å². The van der Waals surface area contributed by atoms with E-state index < -0.39 is 24.3 Å². The number of hydrogen-bond donors (Lipinski definition) is 3. The van der Waals surface area contributed by atoms with Gasteiger partial charge in [-0.1, -0.05) is 0 Å². The maximum atomic E-state index is 12.0. The molecule has 0 bridgehead atoms. The zero-order chi connectivity index (χ0) is 19.3. The van der Waals surface area contributed by atoms with E-state index in [2.05, 4.69) is 10.6 Å². The van der Waals surface area contributed by atoms with Crippen molar-refractivity contribution in [2.24, 2.45) is 0 Å². The fourth-order valence-corrected chi connectivity index (χ4v) is 2.39. The Balaban J connectivity index is 2.11. The van der Waals surface area contributed by atoms with E-state index in [1.165, 1.54) is 13.2 Å². The number of benzene rings is 1. The number of methoxy groups -OCH3 is 1. The van der Waals surface area contributed by atoms with E-state index >= 15 is 0 Å². The SMILES string of the molecule is COc1cc2occ(C)c2cc1/C(C)=C/C(=O)NCC(=O)NCC(=O)O. The molecule has 1 aromatic heterocycles.